The van der Waals surface area contributed by atoms with Gasteiger partial charge in [-0.25, -0.2) is 49.6 Å². The number of hydrogen-bond acceptors (Lipinski definition) is 14. The molecule has 34 heteroatoms. The van der Waals surface area contributed by atoms with Gasteiger partial charge in [-0.15, -0.1) is 32.3 Å². The summed E-state index contributed by atoms with van der Waals surface area (Å²) in [6.07, 6.45) is 13.4. The minimum atomic E-state index is 0. The van der Waals surface area contributed by atoms with Crippen LogP contribution in [0.3, 0.4) is 0 Å². The quantitative estimate of drug-likeness (QED) is 0.140. The largest absolute Gasteiger partial charge is 0.318 e. The summed E-state index contributed by atoms with van der Waals surface area (Å²) < 4.78 is 22.7. The number of imidazole rings is 6. The molecule has 0 aliphatic rings. The fourth-order valence-electron chi connectivity index (χ4n) is 16.6. The van der Waals surface area contributed by atoms with Gasteiger partial charge in [-0.3, -0.25) is 9.13 Å². The molecule has 0 aliphatic heterocycles. The number of nitriles is 6. The van der Waals surface area contributed by atoms with Crippen LogP contribution in [0.5, 0.6) is 0 Å². The van der Waals surface area contributed by atoms with Crippen LogP contribution in [-0.4, -0.2) is 94.7 Å². The van der Waals surface area contributed by atoms with Gasteiger partial charge < -0.3 is 45.7 Å². The number of pyridine rings is 2. The number of fused-ring (bicyclic) bond motifs is 18. The molecule has 0 saturated carbocycles. The van der Waals surface area contributed by atoms with Crippen LogP contribution in [0.15, 0.2) is 268 Å². The first kappa shape index (κ1) is 97.9. The third-order valence-electron chi connectivity index (χ3n) is 22.4. The van der Waals surface area contributed by atoms with Crippen LogP contribution in [0.1, 0.15) is 34.2 Å². The van der Waals surface area contributed by atoms with E-state index in [1.54, 1.807) is 75.4 Å². The van der Waals surface area contributed by atoms with Crippen molar-refractivity contribution in [1.82, 2.24) is 94.7 Å². The van der Waals surface area contributed by atoms with E-state index in [1.165, 1.54) is 0 Å². The fourth-order valence-corrected chi connectivity index (χ4v) is 16.6. The van der Waals surface area contributed by atoms with Crippen LogP contribution in [0.2, 0.25) is 0 Å². The van der Waals surface area contributed by atoms with Gasteiger partial charge in [-0.2, -0.15) is 177 Å². The maximum absolute atomic E-state index is 9.16. The Morgan fingerprint density at radius 2 is 0.529 bits per heavy atom. The molecule has 24 aromatic rings. The summed E-state index contributed by atoms with van der Waals surface area (Å²) in [7, 11) is 11.1. The smallest absolute Gasteiger partial charge is 0.215 e. The Labute approximate surface area is 857 Å². The van der Waals surface area contributed by atoms with Gasteiger partial charge in [0, 0.05) is 216 Å². The molecular weight excluding hydrogens is 2770 g/mol. The van der Waals surface area contributed by atoms with E-state index in [2.05, 4.69) is 159 Å². The third-order valence-corrected chi connectivity index (χ3v) is 22.4. The minimum Gasteiger partial charge on any atom is -0.318 e. The molecule has 136 heavy (non-hydrogen) atoms. The molecule has 0 unspecified atom stereocenters. The van der Waals surface area contributed by atoms with Gasteiger partial charge in [-0.1, -0.05) is 117 Å². The van der Waals surface area contributed by atoms with Crippen LogP contribution in [0.25, 0.3) is 176 Å². The first-order chi connectivity index (χ1) is 63.7. The van der Waals surface area contributed by atoms with E-state index in [4.69, 9.17) is 44.7 Å². The average Bonchev–Trinajstić information content (AvgIpc) is 1.71. The molecule has 0 saturated heterocycles. The average molecular weight is 2830 g/mol. The van der Waals surface area contributed by atoms with Crippen molar-refractivity contribution in [2.75, 3.05) is 0 Å². The Morgan fingerprint density at radius 3 is 0.831 bits per heavy atom. The summed E-state index contributed by atoms with van der Waals surface area (Å²) in [5.74, 6) is 4.07. The Hall–Kier alpha value is -15.6. The minimum absolute atomic E-state index is 0. The fraction of sp³-hybridized carbons (Fsp3) is 0.0588. The number of nitrogens with zero attached hydrogens (tertiary/aromatic N) is 28. The molecule has 24 rings (SSSR count). The van der Waals surface area contributed by atoms with Gasteiger partial charge in [0.25, 0.3) is 0 Å². The summed E-state index contributed by atoms with van der Waals surface area (Å²) in [6.45, 7) is 14.4. The molecule has 28 nitrogen and oxygen atoms in total. The van der Waals surface area contributed by atoms with Crippen molar-refractivity contribution >= 4 is 142 Å². The Morgan fingerprint density at radius 1 is 0.272 bits per heavy atom. The van der Waals surface area contributed by atoms with E-state index in [1.807, 2.05) is 253 Å². The molecule has 0 aliphatic carbocycles. The molecule has 6 radical (unpaired) electrons. The zero-order chi connectivity index (χ0) is 89.5. The normalized spacial score (nSPS) is 10.5. The number of benzene rings is 10. The summed E-state index contributed by atoms with van der Waals surface area (Å²) >= 11 is 0. The second-order valence-electron chi connectivity index (χ2n) is 29.8. The van der Waals surface area contributed by atoms with E-state index in [0.29, 0.717) is 69.3 Å². The van der Waals surface area contributed by atoms with Crippen molar-refractivity contribution in [2.24, 2.45) is 42.3 Å². The van der Waals surface area contributed by atoms with E-state index < -0.39 is 0 Å². The molecule has 670 valence electrons. The third kappa shape index (κ3) is 17.3. The van der Waals surface area contributed by atoms with Crippen LogP contribution in [-0.2, 0) is 163 Å². The maximum atomic E-state index is 9.16. The van der Waals surface area contributed by atoms with Crippen LogP contribution in [0, 0.1) is 118 Å². The maximum Gasteiger partial charge on any atom is 0.215 e. The first-order valence-electron chi connectivity index (χ1n) is 40.2. The van der Waals surface area contributed by atoms with Crippen molar-refractivity contribution in [1.29, 1.82) is 31.6 Å². The van der Waals surface area contributed by atoms with Gasteiger partial charge in [0.1, 0.15) is 64.8 Å². The first-order valence-corrected chi connectivity index (χ1v) is 40.2. The molecule has 0 bridgehead atoms. The van der Waals surface area contributed by atoms with Crippen LogP contribution < -0.4 is 0 Å². The Balaban J connectivity index is 0.000000137. The summed E-state index contributed by atoms with van der Waals surface area (Å²) in [5.41, 5.74) is 15.0. The topological polar surface area (TPSA) is 314 Å². The zero-order valence-corrected chi connectivity index (χ0v) is 86.3. The predicted molar refractivity (Wildman–Crippen MR) is 495 cm³/mol. The second-order valence-corrected chi connectivity index (χ2v) is 29.8. The van der Waals surface area contributed by atoms with Crippen LogP contribution >= 0.6 is 0 Å². The molecule has 0 spiro atoms. The molecule has 14 heterocycles. The van der Waals surface area contributed by atoms with Gasteiger partial charge in [0.2, 0.25) is 35.7 Å². The molecule has 10 aromatic carbocycles. The van der Waals surface area contributed by atoms with Gasteiger partial charge >= 0.3 is 0 Å². The summed E-state index contributed by atoms with van der Waals surface area (Å²) in [6, 6.07) is 103. The van der Waals surface area contributed by atoms with E-state index in [0.717, 1.165) is 143 Å². The standard InChI is InChI=1S/2C18H10N5.2C17H11N4.2C16H10N5.6Ir/c1-20-12-7-8-17-15(9-12)14-5-3-4-6-16(14)23(17)18-21-13(10-19)11-22(18)2;1-20-12-7-8-17-15(9-12)14-5-3-4-6-16(14)23(17)18-21-11-13(10-19)22(18)2;1-20-11-12(10-18)19-17(20)21-15-8-4-2-6-13(15)14-7-3-5-9-16(14)21;1-20-12(10-18)11-19-17(20)21-15-8-4-2-6-13(15)14-7-3-5-9-16(14)21;1-20-10-11(9-17)19-16(20)21-14-7-3-2-5-12(14)13-6-4-8-18-15(13)21;1-20-11(9-17)10-19-16(20)21-14-7-3-2-5-12(14)13-6-4-8-18-15(13)21;;;;;;/h2*3-5,7-9,11H,2H3;2*2-8,11H,1H3;2*2-6,8,10H,1H3;;;;;;/q6*-1;;;;;;. The van der Waals surface area contributed by atoms with Crippen molar-refractivity contribution in [3.8, 4) is 72.1 Å². The summed E-state index contributed by atoms with van der Waals surface area (Å²) in [5, 5.41) is 67.4. The molecule has 0 N–H and O–H groups in total. The molecule has 0 amide bonds. The Bertz CT molecular complexity index is 8190. The predicted octanol–water partition coefficient (Wildman–Crippen LogP) is 19.0. The molecule has 0 atom stereocenters. The monoisotopic (exact) mass is 2840 g/mol. The van der Waals surface area contributed by atoms with E-state index in [9.17, 15) is 0 Å². The van der Waals surface area contributed by atoms with Crippen molar-refractivity contribution < 1.29 is 121 Å². The number of para-hydroxylation sites is 8. The van der Waals surface area contributed by atoms with Crippen LogP contribution in [0.4, 0.5) is 11.4 Å². The van der Waals surface area contributed by atoms with Gasteiger partial charge in [0.05, 0.1) is 31.7 Å². The van der Waals surface area contributed by atoms with Crippen molar-refractivity contribution in [3.05, 3.63) is 361 Å². The molecular formula is C102H62Ir6N28-6. The number of rotatable bonds is 6. The van der Waals surface area contributed by atoms with Gasteiger partial charge in [0.15, 0.2) is 28.5 Å². The molecule has 0 fully saturated rings. The second kappa shape index (κ2) is 41.7. The Kier molecular flexibility index (Phi) is 30.0. The van der Waals surface area contributed by atoms with Gasteiger partial charge in [-0.05, 0) is 57.9 Å². The van der Waals surface area contributed by atoms with Crippen molar-refractivity contribution in [3.63, 3.8) is 0 Å². The number of hydrogen-bond donors (Lipinski definition) is 0. The summed E-state index contributed by atoms with van der Waals surface area (Å²) in [4.78, 5) is 42.3. The number of aryl methyl sites for hydroxylation is 3. The SMILES string of the molecule is Cn1c(C#N)cnc1-n1c2[c-]cccc2c2ccccc21.Cn1c(C#N)cnc1-n1c2[c-]cccc2c2cccnc21.Cn1cc(C#N)nc1-n1c2[c-]cccc2c2ccccc21.Cn1cc(C#N)nc1-n1c2[c-]cccc2c2cccnc21.[C-]#[N+]c1ccc2c(c1)c1ccc[c-]c1n2-c1nc(C#N)cn1C.[C-]#[N+]c1ccc2c(c1)c1ccc[c-]c1n2-c1ncc(C#N)n1C.[Ir].[Ir].[Ir].[Ir].[Ir].[Ir]. The zero-order valence-electron chi connectivity index (χ0n) is 71.9. The van der Waals surface area contributed by atoms with E-state index in [-0.39, 0.29) is 121 Å². The number of aromatic nitrogens is 20. The molecule has 14 aromatic heterocycles. The van der Waals surface area contributed by atoms with Crippen molar-refractivity contribution in [2.45, 2.75) is 0 Å². The van der Waals surface area contributed by atoms with E-state index >= 15 is 0 Å².